The second kappa shape index (κ2) is 7.26. The molecule has 1 aromatic carbocycles. The molecule has 0 fully saturated rings. The zero-order chi connectivity index (χ0) is 17.9. The molecule has 2 heterocycles. The van der Waals surface area contributed by atoms with E-state index in [9.17, 15) is 5.11 Å². The van der Waals surface area contributed by atoms with Gasteiger partial charge in [-0.1, -0.05) is 38.1 Å². The first-order valence-corrected chi connectivity index (χ1v) is 8.79. The molecule has 3 aromatic rings. The quantitative estimate of drug-likeness (QED) is 0.467. The van der Waals surface area contributed by atoms with Crippen LogP contribution in [0.2, 0.25) is 0 Å². The lowest BCUT2D eigenvalue weighted by Crippen LogP contribution is -2.20. The molecule has 0 amide bonds. The molecule has 4 N–H and O–H groups in total. The van der Waals surface area contributed by atoms with E-state index >= 15 is 0 Å². The van der Waals surface area contributed by atoms with Gasteiger partial charge in [0.25, 0.3) is 0 Å². The van der Waals surface area contributed by atoms with Gasteiger partial charge < -0.3 is 10.8 Å². The van der Waals surface area contributed by atoms with Crippen LogP contribution in [-0.2, 0) is 12.0 Å². The zero-order valence-corrected chi connectivity index (χ0v) is 15.0. The molecule has 0 aliphatic rings. The summed E-state index contributed by atoms with van der Waals surface area (Å²) in [7, 11) is 0. The summed E-state index contributed by atoms with van der Waals surface area (Å²) >= 11 is 1.56. The van der Waals surface area contributed by atoms with Crippen LogP contribution in [0.15, 0.2) is 41.8 Å². The number of nitrogens with one attached hydrogen (secondary N) is 1. The van der Waals surface area contributed by atoms with Crippen molar-refractivity contribution in [2.45, 2.75) is 25.8 Å². The molecule has 0 bridgehead atoms. The fourth-order valence-electron chi connectivity index (χ4n) is 2.26. The summed E-state index contributed by atoms with van der Waals surface area (Å²) in [6.45, 7) is 4.61. The number of nitrogens with two attached hydrogens (primary N) is 1. The minimum Gasteiger partial charge on any atom is -0.395 e. The van der Waals surface area contributed by atoms with E-state index in [1.54, 1.807) is 17.6 Å². The van der Waals surface area contributed by atoms with Gasteiger partial charge in [-0.25, -0.2) is 9.97 Å². The van der Waals surface area contributed by atoms with E-state index in [0.717, 1.165) is 26.2 Å². The first-order valence-electron chi connectivity index (χ1n) is 7.97. The molecular formula is C18H21N5OS. The number of aliphatic hydroxyl groups excluding tert-OH is 1. The number of thiophene rings is 1. The summed E-state index contributed by atoms with van der Waals surface area (Å²) in [4.78, 5) is 10.5. The van der Waals surface area contributed by atoms with Gasteiger partial charge in [-0.2, -0.15) is 5.10 Å². The molecule has 0 aliphatic carbocycles. The molecule has 7 heteroatoms. The van der Waals surface area contributed by atoms with Gasteiger partial charge in [0.15, 0.2) is 5.82 Å². The molecule has 0 saturated carbocycles. The van der Waals surface area contributed by atoms with E-state index in [-0.39, 0.29) is 12.0 Å². The molecule has 0 spiro atoms. The van der Waals surface area contributed by atoms with Crippen molar-refractivity contribution in [3.63, 3.8) is 0 Å². The van der Waals surface area contributed by atoms with Crippen molar-refractivity contribution < 1.29 is 5.11 Å². The number of hydrogen-bond acceptors (Lipinski definition) is 7. The Kier molecular flexibility index (Phi) is 5.08. The third-order valence-corrected chi connectivity index (χ3v) is 5.40. The Hall–Kier alpha value is -2.35. The summed E-state index contributed by atoms with van der Waals surface area (Å²) in [6, 6.07) is 9.91. The average Bonchev–Trinajstić information content (AvgIpc) is 3.08. The van der Waals surface area contributed by atoms with Crippen molar-refractivity contribution in [3.8, 4) is 0 Å². The van der Waals surface area contributed by atoms with Crippen molar-refractivity contribution in [3.05, 3.63) is 52.7 Å². The predicted octanol–water partition coefficient (Wildman–Crippen LogP) is 2.87. The van der Waals surface area contributed by atoms with Crippen LogP contribution in [-0.4, -0.2) is 27.9 Å². The largest absolute Gasteiger partial charge is 0.395 e. The maximum absolute atomic E-state index is 9.57. The highest BCUT2D eigenvalue weighted by atomic mass is 32.1. The molecule has 25 heavy (non-hydrogen) atoms. The number of benzene rings is 1. The topological polar surface area (TPSA) is 96.4 Å². The Morgan fingerprint density at radius 2 is 2.04 bits per heavy atom. The van der Waals surface area contributed by atoms with Crippen molar-refractivity contribution in [2.75, 3.05) is 12.0 Å². The molecule has 0 saturated heterocycles. The van der Waals surface area contributed by atoms with Crippen LogP contribution in [0.4, 0.5) is 5.82 Å². The number of fused-ring (bicyclic) bond motifs is 1. The Balaban J connectivity index is 1.82. The zero-order valence-electron chi connectivity index (χ0n) is 14.2. The van der Waals surface area contributed by atoms with E-state index in [4.69, 9.17) is 5.73 Å². The standard InChI is InChI=1S/C18H21N5OS/c1-18(2,10-24)15-7-14-16(20-11-21-17(14)25-15)23-22-9-13-5-3-12(8-19)4-6-13/h3-7,9,11,24H,8,10,19H2,1-2H3,(H,20,21,23). The molecule has 0 radical (unpaired) electrons. The molecule has 130 valence electrons. The van der Waals surface area contributed by atoms with E-state index < -0.39 is 0 Å². The fourth-order valence-corrected chi connectivity index (χ4v) is 3.36. The highest BCUT2D eigenvalue weighted by Crippen LogP contribution is 2.35. The third kappa shape index (κ3) is 3.84. The van der Waals surface area contributed by atoms with Crippen LogP contribution in [0.25, 0.3) is 10.2 Å². The van der Waals surface area contributed by atoms with Gasteiger partial charge in [0.05, 0.1) is 18.2 Å². The second-order valence-corrected chi connectivity index (χ2v) is 7.44. The average molecular weight is 355 g/mol. The highest BCUT2D eigenvalue weighted by molar-refractivity contribution is 7.18. The van der Waals surface area contributed by atoms with Gasteiger partial charge in [0.2, 0.25) is 0 Å². The Labute approximate surface area is 150 Å². The number of hydrogen-bond donors (Lipinski definition) is 3. The van der Waals surface area contributed by atoms with Crippen molar-refractivity contribution in [1.82, 2.24) is 9.97 Å². The van der Waals surface area contributed by atoms with E-state index in [0.29, 0.717) is 12.4 Å². The normalized spacial score (nSPS) is 12.2. The number of anilines is 1. The molecular weight excluding hydrogens is 334 g/mol. The number of hydrazone groups is 1. The van der Waals surface area contributed by atoms with Crippen LogP contribution in [0, 0.1) is 0 Å². The maximum Gasteiger partial charge on any atom is 0.158 e. The smallest absolute Gasteiger partial charge is 0.158 e. The lowest BCUT2D eigenvalue weighted by atomic mass is 9.93. The summed E-state index contributed by atoms with van der Waals surface area (Å²) < 4.78 is 0. The summed E-state index contributed by atoms with van der Waals surface area (Å²) in [5, 5.41) is 14.7. The van der Waals surface area contributed by atoms with Gasteiger partial charge in [-0.05, 0) is 17.2 Å². The van der Waals surface area contributed by atoms with E-state index in [1.165, 1.54) is 6.33 Å². The Bertz CT molecular complexity index is 886. The van der Waals surface area contributed by atoms with Crippen molar-refractivity contribution >= 4 is 33.6 Å². The molecule has 0 unspecified atom stereocenters. The van der Waals surface area contributed by atoms with Crippen LogP contribution in [0.3, 0.4) is 0 Å². The summed E-state index contributed by atoms with van der Waals surface area (Å²) in [5.74, 6) is 0.649. The van der Waals surface area contributed by atoms with Crippen LogP contribution in [0.5, 0.6) is 0 Å². The van der Waals surface area contributed by atoms with E-state index in [2.05, 4.69) is 20.5 Å². The molecule has 3 rings (SSSR count). The lowest BCUT2D eigenvalue weighted by Gasteiger charge is -2.18. The maximum atomic E-state index is 9.57. The number of aromatic nitrogens is 2. The summed E-state index contributed by atoms with van der Waals surface area (Å²) in [6.07, 6.45) is 3.25. The number of rotatable bonds is 6. The van der Waals surface area contributed by atoms with Gasteiger partial charge in [0.1, 0.15) is 11.2 Å². The third-order valence-electron chi connectivity index (χ3n) is 3.99. The van der Waals surface area contributed by atoms with Gasteiger partial charge in [0, 0.05) is 16.8 Å². The van der Waals surface area contributed by atoms with Crippen LogP contribution < -0.4 is 11.2 Å². The predicted molar refractivity (Wildman–Crippen MR) is 103 cm³/mol. The van der Waals surface area contributed by atoms with Crippen molar-refractivity contribution in [1.29, 1.82) is 0 Å². The highest BCUT2D eigenvalue weighted by Gasteiger charge is 2.23. The molecule has 0 aliphatic heterocycles. The molecule has 0 atom stereocenters. The minimum atomic E-state index is -0.309. The first kappa shape index (κ1) is 17.5. The number of nitrogens with zero attached hydrogens (tertiary/aromatic N) is 3. The summed E-state index contributed by atoms with van der Waals surface area (Å²) in [5.41, 5.74) is 10.3. The van der Waals surface area contributed by atoms with Gasteiger partial charge in [-0.3, -0.25) is 5.43 Å². The Morgan fingerprint density at radius 1 is 1.28 bits per heavy atom. The minimum absolute atomic E-state index is 0.0763. The molecule has 6 nitrogen and oxygen atoms in total. The van der Waals surface area contributed by atoms with Crippen molar-refractivity contribution in [2.24, 2.45) is 10.8 Å². The lowest BCUT2D eigenvalue weighted by molar-refractivity contribution is 0.221. The van der Waals surface area contributed by atoms with Gasteiger partial charge in [-0.15, -0.1) is 11.3 Å². The van der Waals surface area contributed by atoms with Crippen LogP contribution in [0.1, 0.15) is 29.9 Å². The fraction of sp³-hybridized carbons (Fsp3) is 0.278. The SMILES string of the molecule is CC(C)(CO)c1cc2c(NN=Cc3ccc(CN)cc3)ncnc2s1. The Morgan fingerprint density at radius 3 is 2.72 bits per heavy atom. The molecule has 2 aromatic heterocycles. The first-order chi connectivity index (χ1) is 12.0. The van der Waals surface area contributed by atoms with Gasteiger partial charge >= 0.3 is 0 Å². The number of aliphatic hydroxyl groups is 1. The van der Waals surface area contributed by atoms with E-state index in [1.807, 2.05) is 44.2 Å². The second-order valence-electron chi connectivity index (χ2n) is 6.41. The van der Waals surface area contributed by atoms with Crippen LogP contribution >= 0.6 is 11.3 Å². The monoisotopic (exact) mass is 355 g/mol.